The molecule has 3 rings (SSSR count). The van der Waals surface area contributed by atoms with Gasteiger partial charge in [0.1, 0.15) is 0 Å². The van der Waals surface area contributed by atoms with E-state index in [0.717, 1.165) is 17.5 Å². The Morgan fingerprint density at radius 1 is 1.05 bits per heavy atom. The van der Waals surface area contributed by atoms with Crippen LogP contribution in [0.1, 0.15) is 5.56 Å². The van der Waals surface area contributed by atoms with Crippen LogP contribution in [0.25, 0.3) is 0 Å². The number of nitrogens with zero attached hydrogens (tertiary/aromatic N) is 4. The van der Waals surface area contributed by atoms with Crippen molar-refractivity contribution in [2.75, 3.05) is 5.01 Å². The second-order valence-corrected chi connectivity index (χ2v) is 5.65. The van der Waals surface area contributed by atoms with Gasteiger partial charge in [0.05, 0.1) is 12.2 Å². The average Bonchev–Trinajstić information content (AvgIpc) is 2.90. The van der Waals surface area contributed by atoms with E-state index in [0.29, 0.717) is 16.6 Å². The molecule has 1 heterocycles. The molecule has 0 saturated carbocycles. The molecule has 22 heavy (non-hydrogen) atoms. The zero-order valence-electron chi connectivity index (χ0n) is 11.4. The number of hydrogen-bond donors (Lipinski definition) is 0. The van der Waals surface area contributed by atoms with Gasteiger partial charge in [-0.2, -0.15) is 0 Å². The minimum atomic E-state index is -0.597. The number of halogens is 2. The summed E-state index contributed by atoms with van der Waals surface area (Å²) in [7, 11) is 0. The Kier molecular flexibility index (Phi) is 4.27. The van der Waals surface area contributed by atoms with Gasteiger partial charge in [0.2, 0.25) is 0 Å². The van der Waals surface area contributed by atoms with Crippen molar-refractivity contribution in [1.29, 1.82) is 0 Å². The summed E-state index contributed by atoms with van der Waals surface area (Å²) in [6, 6.07) is 14.5. The lowest BCUT2D eigenvalue weighted by Gasteiger charge is -2.23. The van der Waals surface area contributed by atoms with Crippen LogP contribution in [0.2, 0.25) is 10.0 Å². The first-order valence-corrected chi connectivity index (χ1v) is 7.36. The standard InChI is InChI=1S/C15H12Cl2N4O/c16-12-4-6-14(7-5-12)21-15(10-22)20(18-19-21)9-11-2-1-3-13(17)8-11/h1-8,10,15H,9H2. The molecular weight excluding hydrogens is 323 g/mol. The summed E-state index contributed by atoms with van der Waals surface area (Å²) in [6.45, 7) is 0.442. The maximum Gasteiger partial charge on any atom is 0.198 e. The van der Waals surface area contributed by atoms with Crippen LogP contribution >= 0.6 is 23.2 Å². The molecule has 0 aromatic heterocycles. The fourth-order valence-corrected chi connectivity index (χ4v) is 2.54. The van der Waals surface area contributed by atoms with Gasteiger partial charge in [0.15, 0.2) is 12.5 Å². The Morgan fingerprint density at radius 2 is 1.82 bits per heavy atom. The van der Waals surface area contributed by atoms with Crippen LogP contribution in [0.5, 0.6) is 0 Å². The van der Waals surface area contributed by atoms with Crippen molar-refractivity contribution in [2.24, 2.45) is 10.4 Å². The van der Waals surface area contributed by atoms with Gasteiger partial charge in [0.25, 0.3) is 0 Å². The monoisotopic (exact) mass is 334 g/mol. The molecule has 0 radical (unpaired) electrons. The van der Waals surface area contributed by atoms with Crippen molar-refractivity contribution in [3.8, 4) is 0 Å². The van der Waals surface area contributed by atoms with Gasteiger partial charge >= 0.3 is 0 Å². The number of hydrogen-bond acceptors (Lipinski definition) is 5. The molecule has 0 spiro atoms. The zero-order valence-corrected chi connectivity index (χ0v) is 12.9. The van der Waals surface area contributed by atoms with Crippen LogP contribution in [0.15, 0.2) is 59.0 Å². The fraction of sp³-hybridized carbons (Fsp3) is 0.133. The maximum absolute atomic E-state index is 11.5. The Morgan fingerprint density at radius 3 is 2.50 bits per heavy atom. The predicted octanol–water partition coefficient (Wildman–Crippen LogP) is 4.12. The molecule has 5 nitrogen and oxygen atoms in total. The average molecular weight is 335 g/mol. The highest BCUT2D eigenvalue weighted by Gasteiger charge is 2.30. The summed E-state index contributed by atoms with van der Waals surface area (Å²) in [6.07, 6.45) is 0.208. The van der Waals surface area contributed by atoms with E-state index >= 15 is 0 Å². The van der Waals surface area contributed by atoms with E-state index in [2.05, 4.69) is 10.4 Å². The quantitative estimate of drug-likeness (QED) is 0.790. The van der Waals surface area contributed by atoms with Gasteiger partial charge in [-0.25, -0.2) is 10.0 Å². The largest absolute Gasteiger partial charge is 0.299 e. The molecule has 0 aliphatic carbocycles. The van der Waals surface area contributed by atoms with E-state index in [1.165, 1.54) is 0 Å². The summed E-state index contributed by atoms with van der Waals surface area (Å²) in [5, 5.41) is 12.6. The lowest BCUT2D eigenvalue weighted by Crippen LogP contribution is -2.39. The van der Waals surface area contributed by atoms with Crippen LogP contribution in [0.3, 0.4) is 0 Å². The SMILES string of the molecule is O=CC1N(Cc2cccc(Cl)c2)N=NN1c1ccc(Cl)cc1. The van der Waals surface area contributed by atoms with E-state index in [4.69, 9.17) is 23.2 Å². The van der Waals surface area contributed by atoms with E-state index in [1.54, 1.807) is 40.3 Å². The van der Waals surface area contributed by atoms with Gasteiger partial charge in [-0.05, 0) is 47.2 Å². The number of carbonyl (C=O) groups excluding carboxylic acids is 1. The lowest BCUT2D eigenvalue weighted by atomic mass is 10.2. The van der Waals surface area contributed by atoms with Gasteiger partial charge in [-0.1, -0.05) is 40.6 Å². The Labute approximate surface area is 137 Å². The number of anilines is 1. The van der Waals surface area contributed by atoms with Crippen LogP contribution in [-0.4, -0.2) is 17.5 Å². The van der Waals surface area contributed by atoms with Gasteiger partial charge < -0.3 is 0 Å². The highest BCUT2D eigenvalue weighted by atomic mass is 35.5. The molecule has 112 valence electrons. The van der Waals surface area contributed by atoms with Crippen molar-refractivity contribution in [2.45, 2.75) is 12.7 Å². The van der Waals surface area contributed by atoms with Gasteiger partial charge in [-0.3, -0.25) is 4.79 Å². The molecule has 0 amide bonds. The molecule has 7 heteroatoms. The van der Waals surface area contributed by atoms with E-state index in [1.807, 2.05) is 18.2 Å². The normalized spacial score (nSPS) is 17.1. The van der Waals surface area contributed by atoms with E-state index < -0.39 is 6.17 Å². The van der Waals surface area contributed by atoms with Crippen molar-refractivity contribution in [3.05, 3.63) is 64.1 Å². The molecule has 0 saturated heterocycles. The maximum atomic E-state index is 11.5. The van der Waals surface area contributed by atoms with Crippen LogP contribution < -0.4 is 5.01 Å². The second kappa shape index (κ2) is 6.34. The highest BCUT2D eigenvalue weighted by Crippen LogP contribution is 2.27. The van der Waals surface area contributed by atoms with Gasteiger partial charge in [0, 0.05) is 10.0 Å². The first-order chi connectivity index (χ1) is 10.7. The summed E-state index contributed by atoms with van der Waals surface area (Å²) in [4.78, 5) is 11.5. The fourth-order valence-electron chi connectivity index (χ4n) is 2.20. The summed E-state index contributed by atoms with van der Waals surface area (Å²) in [5.41, 5.74) is 1.70. The zero-order chi connectivity index (χ0) is 15.5. The van der Waals surface area contributed by atoms with Gasteiger partial charge in [-0.15, -0.1) is 0 Å². The predicted molar refractivity (Wildman–Crippen MR) is 85.6 cm³/mol. The molecule has 1 aliphatic heterocycles. The van der Waals surface area contributed by atoms with E-state index in [-0.39, 0.29) is 0 Å². The Balaban J connectivity index is 1.79. The van der Waals surface area contributed by atoms with Crippen LogP contribution in [0.4, 0.5) is 5.69 Å². The second-order valence-electron chi connectivity index (χ2n) is 4.78. The lowest BCUT2D eigenvalue weighted by molar-refractivity contribution is -0.111. The number of rotatable bonds is 4. The molecular formula is C15H12Cl2N4O. The third kappa shape index (κ3) is 3.05. The molecule has 0 bridgehead atoms. The molecule has 1 aliphatic rings. The van der Waals surface area contributed by atoms with Crippen LogP contribution in [-0.2, 0) is 11.3 Å². The molecule has 1 unspecified atom stereocenters. The summed E-state index contributed by atoms with van der Waals surface area (Å²) in [5.74, 6) is 0. The minimum absolute atomic E-state index is 0.442. The highest BCUT2D eigenvalue weighted by molar-refractivity contribution is 6.30. The van der Waals surface area contributed by atoms with Crippen molar-refractivity contribution in [3.63, 3.8) is 0 Å². The van der Waals surface area contributed by atoms with Crippen molar-refractivity contribution in [1.82, 2.24) is 5.01 Å². The molecule has 0 fully saturated rings. The molecule has 2 aromatic rings. The minimum Gasteiger partial charge on any atom is -0.299 e. The summed E-state index contributed by atoms with van der Waals surface area (Å²) >= 11 is 11.8. The molecule has 1 atom stereocenters. The van der Waals surface area contributed by atoms with Crippen molar-refractivity contribution >= 4 is 35.2 Å². The van der Waals surface area contributed by atoms with Crippen LogP contribution in [0, 0.1) is 0 Å². The Hall–Kier alpha value is -2.11. The smallest absolute Gasteiger partial charge is 0.198 e. The number of benzene rings is 2. The number of carbonyl (C=O) groups is 1. The number of aldehydes is 1. The third-order valence-corrected chi connectivity index (χ3v) is 3.74. The first-order valence-electron chi connectivity index (χ1n) is 6.60. The topological polar surface area (TPSA) is 48.3 Å². The van der Waals surface area contributed by atoms with Crippen molar-refractivity contribution < 1.29 is 4.79 Å². The first kappa shape index (κ1) is 14.8. The molecule has 2 aromatic carbocycles. The molecule has 0 N–H and O–H groups in total. The Bertz CT molecular complexity index is 705. The third-order valence-electron chi connectivity index (χ3n) is 3.25. The summed E-state index contributed by atoms with van der Waals surface area (Å²) < 4.78 is 0. The van der Waals surface area contributed by atoms with E-state index in [9.17, 15) is 4.79 Å².